The van der Waals surface area contributed by atoms with Gasteiger partial charge in [-0.25, -0.2) is 4.98 Å². The number of carbonyl (C=O) groups is 1. The van der Waals surface area contributed by atoms with Gasteiger partial charge in [0.1, 0.15) is 0 Å². The van der Waals surface area contributed by atoms with Crippen molar-refractivity contribution in [2.24, 2.45) is 5.92 Å². The SMILES string of the molecule is Cc1nc(CN[C@H]2CC[C@@H](CNC(=O)c3cc(C(F)(F)F)cc(C(F)(F)F)c3)CC2)cs1. The zero-order valence-corrected chi connectivity index (χ0v) is 18.1. The largest absolute Gasteiger partial charge is 0.416 e. The van der Waals surface area contributed by atoms with Crippen LogP contribution in [0.3, 0.4) is 0 Å². The third-order valence-corrected chi connectivity index (χ3v) is 6.31. The number of alkyl halides is 6. The first-order chi connectivity index (χ1) is 14.9. The van der Waals surface area contributed by atoms with Crippen molar-refractivity contribution < 1.29 is 31.1 Å². The van der Waals surface area contributed by atoms with Crippen molar-refractivity contribution in [1.29, 1.82) is 0 Å². The number of hydrogen-bond acceptors (Lipinski definition) is 4. The Morgan fingerprint density at radius 2 is 1.62 bits per heavy atom. The molecule has 11 heteroatoms. The van der Waals surface area contributed by atoms with Crippen molar-refractivity contribution in [3.63, 3.8) is 0 Å². The van der Waals surface area contributed by atoms with E-state index in [2.05, 4.69) is 15.6 Å². The Morgan fingerprint density at radius 3 is 2.12 bits per heavy atom. The Labute approximate surface area is 185 Å². The van der Waals surface area contributed by atoms with E-state index in [9.17, 15) is 31.1 Å². The molecule has 4 nitrogen and oxygen atoms in total. The van der Waals surface area contributed by atoms with Crippen LogP contribution in [-0.2, 0) is 18.9 Å². The third kappa shape index (κ3) is 6.68. The highest BCUT2D eigenvalue weighted by Gasteiger charge is 2.37. The monoisotopic (exact) mass is 479 g/mol. The minimum atomic E-state index is -4.99. The maximum Gasteiger partial charge on any atom is 0.416 e. The summed E-state index contributed by atoms with van der Waals surface area (Å²) in [5, 5.41) is 8.95. The van der Waals surface area contributed by atoms with Gasteiger partial charge in [0.15, 0.2) is 0 Å². The number of amides is 1. The number of hydrogen-bond donors (Lipinski definition) is 2. The van der Waals surface area contributed by atoms with Crippen molar-refractivity contribution in [3.05, 3.63) is 51.0 Å². The summed E-state index contributed by atoms with van der Waals surface area (Å²) >= 11 is 1.59. The van der Waals surface area contributed by atoms with Gasteiger partial charge >= 0.3 is 12.4 Å². The highest BCUT2D eigenvalue weighted by Crippen LogP contribution is 2.36. The predicted molar refractivity (Wildman–Crippen MR) is 108 cm³/mol. The molecule has 1 amide bonds. The Bertz CT molecular complexity index is 900. The molecule has 1 aliphatic carbocycles. The average molecular weight is 479 g/mol. The van der Waals surface area contributed by atoms with Gasteiger partial charge in [-0.05, 0) is 56.7 Å². The van der Waals surface area contributed by atoms with Crippen molar-refractivity contribution in [2.45, 2.75) is 57.5 Å². The summed E-state index contributed by atoms with van der Waals surface area (Å²) in [5.74, 6) is -0.827. The van der Waals surface area contributed by atoms with E-state index in [1.54, 1.807) is 11.3 Å². The van der Waals surface area contributed by atoms with Crippen LogP contribution in [0.1, 0.15) is 57.9 Å². The van der Waals surface area contributed by atoms with Crippen LogP contribution in [0.5, 0.6) is 0 Å². The lowest BCUT2D eigenvalue weighted by atomic mass is 9.86. The molecule has 2 N–H and O–H groups in total. The summed E-state index contributed by atoms with van der Waals surface area (Å²) < 4.78 is 77.9. The topological polar surface area (TPSA) is 54.0 Å². The van der Waals surface area contributed by atoms with Gasteiger partial charge in [0.25, 0.3) is 5.91 Å². The Kier molecular flexibility index (Phi) is 7.49. The van der Waals surface area contributed by atoms with Crippen molar-refractivity contribution in [3.8, 4) is 0 Å². The van der Waals surface area contributed by atoms with Gasteiger partial charge in [0.05, 0.1) is 21.8 Å². The Morgan fingerprint density at radius 1 is 1.03 bits per heavy atom. The van der Waals surface area contributed by atoms with Crippen LogP contribution in [0.25, 0.3) is 0 Å². The zero-order valence-electron chi connectivity index (χ0n) is 17.2. The van der Waals surface area contributed by atoms with E-state index in [1.165, 1.54) is 0 Å². The van der Waals surface area contributed by atoms with Gasteiger partial charge in [0.2, 0.25) is 0 Å². The van der Waals surface area contributed by atoms with Crippen LogP contribution in [0, 0.1) is 12.8 Å². The molecule has 1 aromatic carbocycles. The Balaban J connectivity index is 1.52. The number of rotatable bonds is 6. The van der Waals surface area contributed by atoms with Crippen LogP contribution in [-0.4, -0.2) is 23.5 Å². The number of nitrogens with one attached hydrogen (secondary N) is 2. The van der Waals surface area contributed by atoms with Crippen LogP contribution in [0.4, 0.5) is 26.3 Å². The molecular weight excluding hydrogens is 456 g/mol. The van der Waals surface area contributed by atoms with Crippen molar-refractivity contribution >= 4 is 17.2 Å². The molecule has 176 valence electrons. The predicted octanol–water partition coefficient (Wildman–Crippen LogP) is 5.57. The van der Waals surface area contributed by atoms with Crippen LogP contribution in [0.2, 0.25) is 0 Å². The number of carbonyl (C=O) groups excluding carboxylic acids is 1. The lowest BCUT2D eigenvalue weighted by Crippen LogP contribution is -2.36. The van der Waals surface area contributed by atoms with Crippen molar-refractivity contribution in [2.75, 3.05) is 6.54 Å². The van der Waals surface area contributed by atoms with E-state index in [4.69, 9.17) is 0 Å². The fraction of sp³-hybridized carbons (Fsp3) is 0.524. The summed E-state index contributed by atoms with van der Waals surface area (Å²) in [6.07, 6.45) is -6.65. The molecule has 1 fully saturated rings. The summed E-state index contributed by atoms with van der Waals surface area (Å²) in [4.78, 5) is 16.7. The first-order valence-electron chi connectivity index (χ1n) is 10.1. The molecule has 1 saturated carbocycles. The molecule has 0 spiro atoms. The first kappa shape index (κ1) is 24.5. The Hall–Kier alpha value is -2.14. The quantitative estimate of drug-likeness (QED) is 0.533. The number of halogens is 6. The molecule has 0 aliphatic heterocycles. The van der Waals surface area contributed by atoms with E-state index < -0.39 is 35.0 Å². The van der Waals surface area contributed by atoms with Crippen LogP contribution >= 0.6 is 11.3 Å². The van der Waals surface area contributed by atoms with E-state index in [0.717, 1.165) is 36.4 Å². The fourth-order valence-electron chi connectivity index (χ4n) is 3.73. The van der Waals surface area contributed by atoms with Crippen LogP contribution in [0.15, 0.2) is 23.6 Å². The highest BCUT2D eigenvalue weighted by atomic mass is 32.1. The molecular formula is C21H23F6N3OS. The van der Waals surface area contributed by atoms with E-state index in [1.807, 2.05) is 12.3 Å². The van der Waals surface area contributed by atoms with Crippen molar-refractivity contribution in [1.82, 2.24) is 15.6 Å². The summed E-state index contributed by atoms with van der Waals surface area (Å²) in [6, 6.07) is 1.22. The van der Waals surface area contributed by atoms with Crippen LogP contribution < -0.4 is 10.6 Å². The third-order valence-electron chi connectivity index (χ3n) is 5.49. The maximum absolute atomic E-state index is 13.0. The number of thiazole rings is 1. The molecule has 32 heavy (non-hydrogen) atoms. The second-order valence-corrected chi connectivity index (χ2v) is 9.02. The number of aromatic nitrogens is 1. The molecule has 1 heterocycles. The summed E-state index contributed by atoms with van der Waals surface area (Å²) in [6.45, 7) is 2.82. The fourth-order valence-corrected chi connectivity index (χ4v) is 4.35. The smallest absolute Gasteiger partial charge is 0.352 e. The van der Waals surface area contributed by atoms with E-state index >= 15 is 0 Å². The normalized spacial score (nSPS) is 19.7. The van der Waals surface area contributed by atoms with Gasteiger partial charge in [-0.3, -0.25) is 4.79 Å². The molecule has 1 aliphatic rings. The number of aryl methyl sites for hydroxylation is 1. The maximum atomic E-state index is 13.0. The molecule has 3 rings (SSSR count). The molecule has 0 saturated heterocycles. The average Bonchev–Trinajstić information content (AvgIpc) is 3.14. The zero-order chi connectivity index (χ0) is 23.5. The highest BCUT2D eigenvalue weighted by molar-refractivity contribution is 7.09. The molecule has 0 radical (unpaired) electrons. The van der Waals surface area contributed by atoms with Gasteiger partial charge in [-0.2, -0.15) is 26.3 Å². The lowest BCUT2D eigenvalue weighted by Gasteiger charge is -2.29. The second kappa shape index (κ2) is 9.78. The van der Waals surface area contributed by atoms with Gasteiger partial charge in [-0.1, -0.05) is 0 Å². The second-order valence-electron chi connectivity index (χ2n) is 7.96. The standard InChI is InChI=1S/C21H23F6N3OS/c1-12-30-18(11-32-12)10-28-17-4-2-13(3-5-17)9-29-19(31)14-6-15(20(22,23)24)8-16(7-14)21(25,26)27/h6-8,11,13,17,28H,2-5,9-10H2,1H3,(H,29,31)/t13-,17+. The van der Waals surface area contributed by atoms with E-state index in [0.29, 0.717) is 24.7 Å². The molecule has 0 unspecified atom stereocenters. The van der Waals surface area contributed by atoms with E-state index in [-0.39, 0.29) is 18.5 Å². The molecule has 1 aromatic heterocycles. The molecule has 0 atom stereocenters. The summed E-state index contributed by atoms with van der Waals surface area (Å²) in [5.41, 5.74) is -2.67. The number of benzene rings is 1. The summed E-state index contributed by atoms with van der Waals surface area (Å²) in [7, 11) is 0. The number of nitrogens with zero attached hydrogens (tertiary/aromatic N) is 1. The minimum Gasteiger partial charge on any atom is -0.352 e. The lowest BCUT2D eigenvalue weighted by molar-refractivity contribution is -0.143. The van der Waals surface area contributed by atoms with Gasteiger partial charge < -0.3 is 10.6 Å². The van der Waals surface area contributed by atoms with Gasteiger partial charge in [-0.15, -0.1) is 11.3 Å². The molecule has 0 bridgehead atoms. The first-order valence-corrected chi connectivity index (χ1v) is 11.0. The van der Waals surface area contributed by atoms with Gasteiger partial charge in [0, 0.05) is 30.1 Å². The minimum absolute atomic E-state index is 0.0119. The molecule has 2 aromatic rings.